The van der Waals surface area contributed by atoms with Gasteiger partial charge in [0.2, 0.25) is 0 Å². The molecule has 4 heteroatoms. The Morgan fingerprint density at radius 2 is 1.27 bits per heavy atom. The van der Waals surface area contributed by atoms with Crippen molar-refractivity contribution in [2.45, 2.75) is 58.2 Å². The van der Waals surface area contributed by atoms with E-state index in [0.29, 0.717) is 0 Å². The van der Waals surface area contributed by atoms with Crippen LogP contribution >= 0.6 is 0 Å². The number of rotatable bonds is 2. The molecule has 37 heavy (non-hydrogen) atoms. The van der Waals surface area contributed by atoms with E-state index in [4.69, 9.17) is 13.7 Å². The lowest BCUT2D eigenvalue weighted by molar-refractivity contribution is 0.00578. The van der Waals surface area contributed by atoms with Gasteiger partial charge >= 0.3 is 7.12 Å². The molecule has 0 N–H and O–H groups in total. The van der Waals surface area contributed by atoms with Gasteiger partial charge < -0.3 is 13.7 Å². The van der Waals surface area contributed by atoms with Crippen molar-refractivity contribution in [3.8, 4) is 22.3 Å². The fourth-order valence-electron chi connectivity index (χ4n) is 6.04. The molecule has 1 fully saturated rings. The molecular formula is C33H31BO3. The van der Waals surface area contributed by atoms with E-state index in [1.807, 2.05) is 6.07 Å². The summed E-state index contributed by atoms with van der Waals surface area (Å²) in [5.74, 6) is 0. The van der Waals surface area contributed by atoms with Gasteiger partial charge in [-0.3, -0.25) is 0 Å². The molecule has 3 nitrogen and oxygen atoms in total. The van der Waals surface area contributed by atoms with Crippen molar-refractivity contribution < 1.29 is 13.7 Å². The van der Waals surface area contributed by atoms with Gasteiger partial charge in [-0.1, -0.05) is 74.5 Å². The van der Waals surface area contributed by atoms with Crippen LogP contribution in [0.5, 0.6) is 0 Å². The average Bonchev–Trinajstić information content (AvgIpc) is 3.43. The molecule has 1 aliphatic heterocycles. The molecule has 0 radical (unpaired) electrons. The predicted octanol–water partition coefficient (Wildman–Crippen LogP) is 7.86. The molecule has 0 amide bonds. The van der Waals surface area contributed by atoms with Gasteiger partial charge in [-0.15, -0.1) is 0 Å². The van der Waals surface area contributed by atoms with Crippen LogP contribution < -0.4 is 5.46 Å². The molecule has 0 bridgehead atoms. The minimum absolute atomic E-state index is 0.0217. The number of furan rings is 1. The van der Waals surface area contributed by atoms with E-state index in [0.717, 1.165) is 27.4 Å². The fraction of sp³-hybridized carbons (Fsp3) is 0.273. The van der Waals surface area contributed by atoms with Gasteiger partial charge in [0.1, 0.15) is 11.2 Å². The number of fused-ring (bicyclic) bond motifs is 6. The number of para-hydroxylation sites is 1. The highest BCUT2D eigenvalue weighted by molar-refractivity contribution is 6.65. The third-order valence-corrected chi connectivity index (χ3v) is 8.95. The summed E-state index contributed by atoms with van der Waals surface area (Å²) < 4.78 is 19.1. The molecule has 0 unspecified atom stereocenters. The molecule has 0 spiro atoms. The van der Waals surface area contributed by atoms with Gasteiger partial charge in [-0.05, 0) is 79.3 Å². The summed E-state index contributed by atoms with van der Waals surface area (Å²) in [5.41, 5.74) is 9.68. The minimum atomic E-state index is -0.464. The zero-order valence-corrected chi connectivity index (χ0v) is 22.3. The Kier molecular flexibility index (Phi) is 4.55. The largest absolute Gasteiger partial charge is 0.498 e. The number of hydrogen-bond acceptors (Lipinski definition) is 3. The van der Waals surface area contributed by atoms with Crippen LogP contribution in [0, 0.1) is 0 Å². The lowest BCUT2D eigenvalue weighted by Gasteiger charge is -2.32. The summed E-state index contributed by atoms with van der Waals surface area (Å²) in [4.78, 5) is 0. The van der Waals surface area contributed by atoms with Crippen molar-refractivity contribution in [1.82, 2.24) is 0 Å². The SMILES string of the molecule is CC1(C)c2ccccc2-c2ccc(-c3ccc4oc5c(B6OC(C)(C)C(C)(C)O6)cccc5c4c3)cc21. The van der Waals surface area contributed by atoms with E-state index in [-0.39, 0.29) is 5.41 Å². The van der Waals surface area contributed by atoms with E-state index < -0.39 is 18.3 Å². The third kappa shape index (κ3) is 3.16. The molecule has 5 aromatic rings. The van der Waals surface area contributed by atoms with Crippen LogP contribution in [-0.2, 0) is 14.7 Å². The van der Waals surface area contributed by atoms with E-state index in [1.54, 1.807) is 0 Å². The van der Waals surface area contributed by atoms with Crippen LogP contribution in [0.15, 0.2) is 83.3 Å². The molecule has 0 atom stereocenters. The molecule has 2 aliphatic rings. The van der Waals surface area contributed by atoms with E-state index >= 15 is 0 Å². The second-order valence-electron chi connectivity index (χ2n) is 12.1. The van der Waals surface area contributed by atoms with Gasteiger partial charge in [-0.25, -0.2) is 0 Å². The van der Waals surface area contributed by atoms with E-state index in [1.165, 1.54) is 33.4 Å². The third-order valence-electron chi connectivity index (χ3n) is 8.95. The molecule has 1 aromatic heterocycles. The highest BCUT2D eigenvalue weighted by Gasteiger charge is 2.52. The van der Waals surface area contributed by atoms with Crippen molar-refractivity contribution in [2.75, 3.05) is 0 Å². The van der Waals surface area contributed by atoms with Crippen LogP contribution in [0.25, 0.3) is 44.2 Å². The smallest absolute Gasteiger partial charge is 0.456 e. The Hall–Kier alpha value is -3.34. The lowest BCUT2D eigenvalue weighted by atomic mass is 9.78. The van der Waals surface area contributed by atoms with Gasteiger partial charge in [0.05, 0.1) is 11.2 Å². The topological polar surface area (TPSA) is 31.6 Å². The van der Waals surface area contributed by atoms with Crippen molar-refractivity contribution in [3.05, 3.63) is 90.0 Å². The molecule has 184 valence electrons. The van der Waals surface area contributed by atoms with Gasteiger partial charge in [-0.2, -0.15) is 0 Å². The summed E-state index contributed by atoms with van der Waals surface area (Å²) in [6.07, 6.45) is 0. The van der Waals surface area contributed by atoms with Crippen molar-refractivity contribution in [3.63, 3.8) is 0 Å². The summed E-state index contributed by atoms with van der Waals surface area (Å²) in [7, 11) is -0.464. The van der Waals surface area contributed by atoms with Gasteiger partial charge in [0.15, 0.2) is 0 Å². The summed E-state index contributed by atoms with van der Waals surface area (Å²) in [5, 5.41) is 2.19. The van der Waals surface area contributed by atoms with Crippen LogP contribution in [0.1, 0.15) is 52.7 Å². The first-order chi connectivity index (χ1) is 17.6. The fourth-order valence-corrected chi connectivity index (χ4v) is 6.04. The second-order valence-corrected chi connectivity index (χ2v) is 12.1. The monoisotopic (exact) mass is 486 g/mol. The lowest BCUT2D eigenvalue weighted by Crippen LogP contribution is -2.41. The Balaban J connectivity index is 1.33. The highest BCUT2D eigenvalue weighted by atomic mass is 16.7. The van der Waals surface area contributed by atoms with E-state index in [2.05, 4.69) is 114 Å². The van der Waals surface area contributed by atoms with Gasteiger partial charge in [0, 0.05) is 21.7 Å². The number of benzene rings is 4. The summed E-state index contributed by atoms with van der Waals surface area (Å²) in [6, 6.07) is 28.4. The molecule has 1 saturated heterocycles. The Morgan fingerprint density at radius 1 is 0.595 bits per heavy atom. The molecule has 0 saturated carbocycles. The maximum Gasteiger partial charge on any atom is 0.498 e. The Morgan fingerprint density at radius 3 is 2.05 bits per heavy atom. The minimum Gasteiger partial charge on any atom is -0.456 e. The first-order valence-electron chi connectivity index (χ1n) is 13.1. The quantitative estimate of drug-likeness (QED) is 0.238. The average molecular weight is 486 g/mol. The van der Waals surface area contributed by atoms with Crippen molar-refractivity contribution in [2.24, 2.45) is 0 Å². The normalized spacial score (nSPS) is 18.9. The zero-order valence-electron chi connectivity index (χ0n) is 22.3. The van der Waals surface area contributed by atoms with Crippen molar-refractivity contribution in [1.29, 1.82) is 0 Å². The molecule has 1 aliphatic carbocycles. The van der Waals surface area contributed by atoms with Crippen LogP contribution in [0.4, 0.5) is 0 Å². The molecule has 7 rings (SSSR count). The Bertz CT molecular complexity index is 1710. The standard InChI is InChI=1S/C33H31BO3/c1-31(2)26-12-8-7-10-22(26)23-16-14-21(19-27(23)31)20-15-17-29-25(18-20)24-11-9-13-28(30(24)35-29)34-36-32(3,4)33(5,6)37-34/h7-19H,1-6H3. The molecular weight excluding hydrogens is 455 g/mol. The van der Waals surface area contributed by atoms with Crippen molar-refractivity contribution >= 4 is 34.5 Å². The van der Waals surface area contributed by atoms with Crippen LogP contribution in [0.2, 0.25) is 0 Å². The number of hydrogen-bond donors (Lipinski definition) is 0. The van der Waals surface area contributed by atoms with Crippen LogP contribution in [0.3, 0.4) is 0 Å². The summed E-state index contributed by atoms with van der Waals surface area (Å²) >= 11 is 0. The van der Waals surface area contributed by atoms with Crippen LogP contribution in [-0.4, -0.2) is 18.3 Å². The second kappa shape index (κ2) is 7.37. The van der Waals surface area contributed by atoms with E-state index in [9.17, 15) is 0 Å². The Labute approximate surface area is 218 Å². The molecule has 2 heterocycles. The van der Waals surface area contributed by atoms with Gasteiger partial charge in [0.25, 0.3) is 0 Å². The first kappa shape index (κ1) is 22.8. The maximum atomic E-state index is 6.41. The predicted molar refractivity (Wildman–Crippen MR) is 152 cm³/mol. The zero-order chi connectivity index (χ0) is 25.7. The maximum absolute atomic E-state index is 6.41. The molecule has 4 aromatic carbocycles. The highest BCUT2D eigenvalue weighted by Crippen LogP contribution is 2.49. The first-order valence-corrected chi connectivity index (χ1v) is 13.1. The summed E-state index contributed by atoms with van der Waals surface area (Å²) in [6.45, 7) is 13.0.